The van der Waals surface area contributed by atoms with Crippen LogP contribution in [0.25, 0.3) is 0 Å². The zero-order chi connectivity index (χ0) is 15.4. The molecule has 1 aliphatic heterocycles. The van der Waals surface area contributed by atoms with Gasteiger partial charge in [0.1, 0.15) is 5.76 Å². The molecule has 0 aromatic carbocycles. The van der Waals surface area contributed by atoms with Gasteiger partial charge in [-0.3, -0.25) is 9.48 Å². The summed E-state index contributed by atoms with van der Waals surface area (Å²) >= 11 is 0. The Bertz CT molecular complexity index is 603. The molecule has 5 nitrogen and oxygen atoms in total. The van der Waals surface area contributed by atoms with Gasteiger partial charge < -0.3 is 9.32 Å². The van der Waals surface area contributed by atoms with E-state index in [0.717, 1.165) is 43.7 Å². The topological polar surface area (TPSA) is 51.3 Å². The van der Waals surface area contributed by atoms with Crippen LogP contribution < -0.4 is 0 Å². The first-order chi connectivity index (χ1) is 10.8. The van der Waals surface area contributed by atoms with Gasteiger partial charge >= 0.3 is 0 Å². The van der Waals surface area contributed by atoms with Gasteiger partial charge in [0.2, 0.25) is 5.91 Å². The number of rotatable bonds is 4. The molecule has 0 bridgehead atoms. The number of nitrogens with zero attached hydrogens (tertiary/aromatic N) is 3. The van der Waals surface area contributed by atoms with Crippen LogP contribution in [0.15, 0.2) is 35.1 Å². The molecular formula is C17H23N3O2. The van der Waals surface area contributed by atoms with Crippen LogP contribution in [0.2, 0.25) is 0 Å². The summed E-state index contributed by atoms with van der Waals surface area (Å²) in [5.41, 5.74) is 1.10. The Hall–Kier alpha value is -2.04. The molecule has 2 aromatic rings. The number of furan rings is 1. The van der Waals surface area contributed by atoms with Gasteiger partial charge in [-0.15, -0.1) is 0 Å². The Morgan fingerprint density at radius 2 is 2.27 bits per heavy atom. The molecule has 1 fully saturated rings. The third-order valence-corrected chi connectivity index (χ3v) is 4.46. The van der Waals surface area contributed by atoms with Crippen LogP contribution in [0.1, 0.15) is 49.6 Å². The summed E-state index contributed by atoms with van der Waals surface area (Å²) in [5, 5.41) is 4.15. The highest BCUT2D eigenvalue weighted by molar-refractivity contribution is 5.77. The number of amides is 1. The van der Waals surface area contributed by atoms with E-state index in [2.05, 4.69) is 5.10 Å². The predicted molar refractivity (Wildman–Crippen MR) is 83.2 cm³/mol. The van der Waals surface area contributed by atoms with Gasteiger partial charge in [0.05, 0.1) is 12.3 Å². The Morgan fingerprint density at radius 1 is 1.36 bits per heavy atom. The van der Waals surface area contributed by atoms with Gasteiger partial charge in [0, 0.05) is 31.9 Å². The van der Waals surface area contributed by atoms with Crippen LogP contribution in [0.5, 0.6) is 0 Å². The molecule has 118 valence electrons. The summed E-state index contributed by atoms with van der Waals surface area (Å²) in [7, 11) is 1.91. The molecule has 3 heterocycles. The first kappa shape index (κ1) is 14.9. The Morgan fingerprint density at radius 3 is 3.00 bits per heavy atom. The molecule has 0 unspecified atom stereocenters. The largest absolute Gasteiger partial charge is 0.467 e. The summed E-state index contributed by atoms with van der Waals surface area (Å²) in [6.07, 6.45) is 9.13. The van der Waals surface area contributed by atoms with E-state index < -0.39 is 0 Å². The first-order valence-corrected chi connectivity index (χ1v) is 8.05. The highest BCUT2D eigenvalue weighted by Crippen LogP contribution is 2.31. The maximum atomic E-state index is 12.7. The fraction of sp³-hybridized carbons (Fsp3) is 0.529. The molecule has 0 aliphatic carbocycles. The van der Waals surface area contributed by atoms with Gasteiger partial charge in [-0.1, -0.05) is 12.8 Å². The number of hydrogen-bond donors (Lipinski definition) is 0. The third kappa shape index (κ3) is 3.24. The van der Waals surface area contributed by atoms with E-state index >= 15 is 0 Å². The minimum absolute atomic E-state index is 0.0940. The molecule has 1 aliphatic rings. The standard InChI is InChI=1S/C17H23N3O2/c1-19-14(10-11-18-19)8-9-17(21)20-12-4-2-3-6-15(20)16-7-5-13-22-16/h5,7,10-11,13,15H,2-4,6,8-9,12H2,1H3/t15-/m1/s1. The number of carbonyl (C=O) groups excluding carboxylic acids is 1. The molecule has 0 spiro atoms. The Kier molecular flexibility index (Phi) is 4.61. The fourth-order valence-corrected chi connectivity index (χ4v) is 3.21. The molecule has 0 radical (unpaired) electrons. The monoisotopic (exact) mass is 301 g/mol. The van der Waals surface area contributed by atoms with E-state index in [4.69, 9.17) is 4.42 Å². The van der Waals surface area contributed by atoms with Crippen molar-refractivity contribution in [3.05, 3.63) is 42.1 Å². The van der Waals surface area contributed by atoms with E-state index in [-0.39, 0.29) is 11.9 Å². The van der Waals surface area contributed by atoms with E-state index in [0.29, 0.717) is 6.42 Å². The van der Waals surface area contributed by atoms with Crippen molar-refractivity contribution >= 4 is 5.91 Å². The van der Waals surface area contributed by atoms with E-state index in [9.17, 15) is 4.79 Å². The van der Waals surface area contributed by atoms with Crippen LogP contribution in [0, 0.1) is 0 Å². The van der Waals surface area contributed by atoms with Crippen LogP contribution in [0.3, 0.4) is 0 Å². The van der Waals surface area contributed by atoms with Crippen molar-refractivity contribution in [1.29, 1.82) is 0 Å². The zero-order valence-electron chi connectivity index (χ0n) is 13.1. The quantitative estimate of drug-likeness (QED) is 0.872. The molecular weight excluding hydrogens is 278 g/mol. The SMILES string of the molecule is Cn1nccc1CCC(=O)N1CCCCC[C@@H]1c1ccco1. The summed E-state index contributed by atoms with van der Waals surface area (Å²) in [6.45, 7) is 0.829. The second-order valence-corrected chi connectivity index (χ2v) is 5.91. The van der Waals surface area contributed by atoms with Gasteiger partial charge in [-0.2, -0.15) is 5.10 Å². The maximum absolute atomic E-state index is 12.7. The van der Waals surface area contributed by atoms with Crippen LogP contribution in [0.4, 0.5) is 0 Å². The summed E-state index contributed by atoms with van der Waals surface area (Å²) in [4.78, 5) is 14.7. The average molecular weight is 301 g/mol. The fourth-order valence-electron chi connectivity index (χ4n) is 3.21. The van der Waals surface area contributed by atoms with Gasteiger partial charge in [-0.25, -0.2) is 0 Å². The lowest BCUT2D eigenvalue weighted by Crippen LogP contribution is -2.34. The second-order valence-electron chi connectivity index (χ2n) is 5.91. The van der Waals surface area contributed by atoms with Crippen LogP contribution >= 0.6 is 0 Å². The maximum Gasteiger partial charge on any atom is 0.223 e. The summed E-state index contributed by atoms with van der Waals surface area (Å²) in [5.74, 6) is 1.13. The van der Waals surface area contributed by atoms with E-state index in [1.54, 1.807) is 12.5 Å². The normalized spacial score (nSPS) is 19.1. The molecule has 0 saturated carbocycles. The van der Waals surface area contributed by atoms with Crippen molar-refractivity contribution in [2.24, 2.45) is 7.05 Å². The zero-order valence-corrected chi connectivity index (χ0v) is 13.1. The highest BCUT2D eigenvalue weighted by atomic mass is 16.3. The lowest BCUT2D eigenvalue weighted by atomic mass is 10.1. The average Bonchev–Trinajstić information content (AvgIpc) is 3.12. The number of carbonyl (C=O) groups is 1. The van der Waals surface area contributed by atoms with Crippen molar-refractivity contribution in [3.8, 4) is 0 Å². The molecule has 0 N–H and O–H groups in total. The van der Waals surface area contributed by atoms with Gasteiger partial charge in [0.25, 0.3) is 0 Å². The van der Waals surface area contributed by atoms with E-state index in [1.807, 2.05) is 34.8 Å². The van der Waals surface area contributed by atoms with Gasteiger partial charge in [-0.05, 0) is 37.5 Å². The number of aromatic nitrogens is 2. The Labute approximate surface area is 130 Å². The van der Waals surface area contributed by atoms with Crippen LogP contribution in [-0.2, 0) is 18.3 Å². The molecule has 5 heteroatoms. The lowest BCUT2D eigenvalue weighted by molar-refractivity contribution is -0.134. The Balaban J connectivity index is 1.69. The minimum Gasteiger partial charge on any atom is -0.467 e. The van der Waals surface area contributed by atoms with Crippen molar-refractivity contribution in [2.75, 3.05) is 6.54 Å². The summed E-state index contributed by atoms with van der Waals surface area (Å²) < 4.78 is 7.40. The van der Waals surface area contributed by atoms with Crippen molar-refractivity contribution < 1.29 is 9.21 Å². The van der Waals surface area contributed by atoms with Crippen LogP contribution in [-0.4, -0.2) is 27.1 Å². The molecule has 22 heavy (non-hydrogen) atoms. The van der Waals surface area contributed by atoms with Crippen molar-refractivity contribution in [2.45, 2.75) is 44.6 Å². The number of aryl methyl sites for hydroxylation is 2. The molecule has 3 rings (SSSR count). The van der Waals surface area contributed by atoms with Crippen molar-refractivity contribution in [1.82, 2.24) is 14.7 Å². The third-order valence-electron chi connectivity index (χ3n) is 4.46. The highest BCUT2D eigenvalue weighted by Gasteiger charge is 2.28. The second kappa shape index (κ2) is 6.81. The van der Waals surface area contributed by atoms with E-state index in [1.165, 1.54) is 6.42 Å². The lowest BCUT2D eigenvalue weighted by Gasteiger charge is -2.28. The number of likely N-dealkylation sites (tertiary alicyclic amines) is 1. The minimum atomic E-state index is 0.0940. The molecule has 1 saturated heterocycles. The summed E-state index contributed by atoms with van der Waals surface area (Å²) in [6, 6.07) is 5.95. The smallest absolute Gasteiger partial charge is 0.223 e. The van der Waals surface area contributed by atoms with Gasteiger partial charge in [0.15, 0.2) is 0 Å². The predicted octanol–water partition coefficient (Wildman–Crippen LogP) is 3.09. The van der Waals surface area contributed by atoms with Crippen molar-refractivity contribution in [3.63, 3.8) is 0 Å². The number of hydrogen-bond acceptors (Lipinski definition) is 3. The molecule has 2 aromatic heterocycles. The first-order valence-electron chi connectivity index (χ1n) is 8.05. The molecule has 1 atom stereocenters. The molecule has 1 amide bonds.